The molecule has 1 saturated heterocycles. The number of rotatable bonds is 5. The molecule has 1 aliphatic rings. The van der Waals surface area contributed by atoms with Crippen LogP contribution in [0.25, 0.3) is 10.3 Å². The van der Waals surface area contributed by atoms with Crippen LogP contribution in [0.15, 0.2) is 17.1 Å². The Morgan fingerprint density at radius 2 is 2.04 bits per heavy atom. The lowest BCUT2D eigenvalue weighted by atomic mass is 10.3. The Balaban J connectivity index is 1.58. The molecule has 2 aromatic heterocycles. The summed E-state index contributed by atoms with van der Waals surface area (Å²) in [4.78, 5) is 43.9. The van der Waals surface area contributed by atoms with E-state index in [2.05, 4.69) is 9.88 Å². The van der Waals surface area contributed by atoms with E-state index in [1.807, 2.05) is 0 Å². The number of pyridine rings is 1. The Kier molecular flexibility index (Phi) is 5.90. The van der Waals surface area contributed by atoms with Crippen LogP contribution in [0.4, 0.5) is 0 Å². The van der Waals surface area contributed by atoms with Crippen LogP contribution < -0.4 is 4.87 Å². The molecule has 1 amide bonds. The lowest BCUT2D eigenvalue weighted by molar-refractivity contribution is -0.141. The summed E-state index contributed by atoms with van der Waals surface area (Å²) in [6.07, 6.45) is 1.49. The summed E-state index contributed by atoms with van der Waals surface area (Å²) in [6.45, 7) is 4.94. The predicted octanol–water partition coefficient (Wildman–Crippen LogP) is 0.819. The maximum absolute atomic E-state index is 12.6. The third-order valence-electron chi connectivity index (χ3n) is 4.23. The van der Waals surface area contributed by atoms with Crippen LogP contribution in [0, 0.1) is 0 Å². The number of fused-ring (bicyclic) bond motifs is 1. The summed E-state index contributed by atoms with van der Waals surface area (Å²) < 4.78 is 6.36. The maximum atomic E-state index is 12.6. The molecule has 0 bridgehead atoms. The molecule has 3 heterocycles. The summed E-state index contributed by atoms with van der Waals surface area (Å²) in [7, 11) is 0. The highest BCUT2D eigenvalue weighted by molar-refractivity contribution is 7.16. The normalized spacial score (nSPS) is 15.4. The van der Waals surface area contributed by atoms with E-state index in [0.29, 0.717) is 54.7 Å². The SMILES string of the molecule is CC(=O)OCCN1CCN(C(=O)Cn2c(=O)sc3ncc(Cl)cc32)CC1. The molecule has 1 aliphatic heterocycles. The summed E-state index contributed by atoms with van der Waals surface area (Å²) >= 11 is 6.96. The Hall–Kier alpha value is -1.97. The van der Waals surface area contributed by atoms with Gasteiger partial charge in [-0.2, -0.15) is 0 Å². The van der Waals surface area contributed by atoms with Crippen LogP contribution in [-0.4, -0.2) is 70.6 Å². The Bertz CT molecular complexity index is 873. The standard InChI is InChI=1S/C16H19ClN4O4S/c1-11(22)25-7-6-19-2-4-20(5-3-19)14(23)10-21-13-8-12(17)9-18-15(13)26-16(21)24/h8-9H,2-7,10H2,1H3. The van der Waals surface area contributed by atoms with E-state index in [0.717, 1.165) is 11.3 Å². The van der Waals surface area contributed by atoms with Crippen molar-refractivity contribution in [2.75, 3.05) is 39.3 Å². The van der Waals surface area contributed by atoms with Crippen molar-refractivity contribution in [1.29, 1.82) is 0 Å². The summed E-state index contributed by atoms with van der Waals surface area (Å²) in [5, 5.41) is 0.429. The van der Waals surface area contributed by atoms with Gasteiger partial charge < -0.3 is 9.64 Å². The molecule has 8 nitrogen and oxygen atoms in total. The van der Waals surface area contributed by atoms with Gasteiger partial charge in [0, 0.05) is 45.8 Å². The molecule has 2 aromatic rings. The van der Waals surface area contributed by atoms with Crippen LogP contribution in [0.2, 0.25) is 5.02 Å². The van der Waals surface area contributed by atoms with Gasteiger partial charge in [0.2, 0.25) is 5.91 Å². The lowest BCUT2D eigenvalue weighted by Crippen LogP contribution is -2.50. The molecule has 0 atom stereocenters. The average Bonchev–Trinajstić information content (AvgIpc) is 2.90. The van der Waals surface area contributed by atoms with Crippen molar-refractivity contribution in [1.82, 2.24) is 19.4 Å². The molecule has 1 fully saturated rings. The van der Waals surface area contributed by atoms with Crippen LogP contribution in [0.5, 0.6) is 0 Å². The number of amides is 1. The molecule has 0 aromatic carbocycles. The Morgan fingerprint density at radius 1 is 1.31 bits per heavy atom. The second kappa shape index (κ2) is 8.15. The number of thiazole rings is 1. The van der Waals surface area contributed by atoms with E-state index < -0.39 is 0 Å². The van der Waals surface area contributed by atoms with Gasteiger partial charge in [-0.3, -0.25) is 23.9 Å². The fourth-order valence-electron chi connectivity index (χ4n) is 2.85. The first kappa shape index (κ1) is 18.8. The third-order valence-corrected chi connectivity index (χ3v) is 5.33. The molecule has 0 unspecified atom stereocenters. The second-order valence-electron chi connectivity index (χ2n) is 5.99. The molecule has 0 aliphatic carbocycles. The topological polar surface area (TPSA) is 84.7 Å². The first-order valence-corrected chi connectivity index (χ1v) is 9.42. The van der Waals surface area contributed by atoms with Crippen molar-refractivity contribution in [3.63, 3.8) is 0 Å². The van der Waals surface area contributed by atoms with Crippen molar-refractivity contribution in [3.8, 4) is 0 Å². The zero-order chi connectivity index (χ0) is 18.7. The van der Waals surface area contributed by atoms with Crippen molar-refractivity contribution in [2.24, 2.45) is 0 Å². The van der Waals surface area contributed by atoms with Gasteiger partial charge in [-0.05, 0) is 6.07 Å². The smallest absolute Gasteiger partial charge is 0.310 e. The lowest BCUT2D eigenvalue weighted by Gasteiger charge is -2.34. The summed E-state index contributed by atoms with van der Waals surface area (Å²) in [6, 6.07) is 1.65. The number of halogens is 1. The van der Waals surface area contributed by atoms with E-state index in [-0.39, 0.29) is 23.3 Å². The molecule has 10 heteroatoms. The van der Waals surface area contributed by atoms with Gasteiger partial charge in [0.1, 0.15) is 18.0 Å². The second-order valence-corrected chi connectivity index (χ2v) is 7.37. The van der Waals surface area contributed by atoms with E-state index >= 15 is 0 Å². The zero-order valence-electron chi connectivity index (χ0n) is 14.3. The molecular formula is C16H19ClN4O4S. The van der Waals surface area contributed by atoms with E-state index in [1.165, 1.54) is 17.7 Å². The maximum Gasteiger partial charge on any atom is 0.310 e. The third kappa shape index (κ3) is 4.40. The van der Waals surface area contributed by atoms with Gasteiger partial charge in [-0.1, -0.05) is 22.9 Å². The van der Waals surface area contributed by atoms with Crippen LogP contribution in [0.1, 0.15) is 6.92 Å². The molecule has 0 N–H and O–H groups in total. The Morgan fingerprint density at radius 3 is 2.73 bits per heavy atom. The molecule has 0 saturated carbocycles. The fraction of sp³-hybridized carbons (Fsp3) is 0.500. The Labute approximate surface area is 158 Å². The van der Waals surface area contributed by atoms with E-state index in [9.17, 15) is 14.4 Å². The number of esters is 1. The first-order valence-electron chi connectivity index (χ1n) is 8.22. The minimum absolute atomic E-state index is 0.0195. The van der Waals surface area contributed by atoms with Gasteiger partial charge in [0.05, 0.1) is 10.5 Å². The molecule has 140 valence electrons. The molecule has 3 rings (SSSR count). The predicted molar refractivity (Wildman–Crippen MR) is 98.5 cm³/mol. The monoisotopic (exact) mass is 398 g/mol. The van der Waals surface area contributed by atoms with Gasteiger partial charge in [-0.15, -0.1) is 0 Å². The van der Waals surface area contributed by atoms with Crippen molar-refractivity contribution in [2.45, 2.75) is 13.5 Å². The number of carbonyl (C=O) groups excluding carboxylic acids is 2. The highest BCUT2D eigenvalue weighted by Gasteiger charge is 2.22. The van der Waals surface area contributed by atoms with Crippen molar-refractivity contribution >= 4 is 45.2 Å². The van der Waals surface area contributed by atoms with Crippen molar-refractivity contribution in [3.05, 3.63) is 27.0 Å². The van der Waals surface area contributed by atoms with Gasteiger partial charge in [-0.25, -0.2) is 4.98 Å². The number of ether oxygens (including phenoxy) is 1. The number of piperazine rings is 1. The molecular weight excluding hydrogens is 380 g/mol. The quantitative estimate of drug-likeness (QED) is 0.693. The zero-order valence-corrected chi connectivity index (χ0v) is 15.9. The largest absolute Gasteiger partial charge is 0.465 e. The molecule has 26 heavy (non-hydrogen) atoms. The minimum Gasteiger partial charge on any atom is -0.465 e. The van der Waals surface area contributed by atoms with Crippen LogP contribution >= 0.6 is 22.9 Å². The number of hydrogen-bond donors (Lipinski definition) is 0. The summed E-state index contributed by atoms with van der Waals surface area (Å²) in [5.74, 6) is -0.395. The summed E-state index contributed by atoms with van der Waals surface area (Å²) in [5.41, 5.74) is 0.584. The first-order chi connectivity index (χ1) is 12.4. The van der Waals surface area contributed by atoms with Gasteiger partial charge in [0.15, 0.2) is 0 Å². The van der Waals surface area contributed by atoms with Crippen molar-refractivity contribution < 1.29 is 14.3 Å². The highest BCUT2D eigenvalue weighted by Crippen LogP contribution is 2.19. The number of hydrogen-bond acceptors (Lipinski definition) is 7. The van der Waals surface area contributed by atoms with Crippen LogP contribution in [-0.2, 0) is 20.9 Å². The minimum atomic E-state index is -0.290. The van der Waals surface area contributed by atoms with E-state index in [4.69, 9.17) is 16.3 Å². The fourth-order valence-corrected chi connectivity index (χ4v) is 3.82. The average molecular weight is 399 g/mol. The van der Waals surface area contributed by atoms with Crippen LogP contribution in [0.3, 0.4) is 0 Å². The van der Waals surface area contributed by atoms with Gasteiger partial charge >= 0.3 is 10.8 Å². The highest BCUT2D eigenvalue weighted by atomic mass is 35.5. The molecule has 0 radical (unpaired) electrons. The number of aromatic nitrogens is 2. The molecule has 0 spiro atoms. The number of nitrogens with zero attached hydrogens (tertiary/aromatic N) is 4. The number of carbonyl (C=O) groups is 2. The van der Waals surface area contributed by atoms with Gasteiger partial charge in [0.25, 0.3) is 0 Å². The van der Waals surface area contributed by atoms with E-state index in [1.54, 1.807) is 11.0 Å².